The van der Waals surface area contributed by atoms with Gasteiger partial charge in [0.25, 0.3) is 23.6 Å². The SMILES string of the molecule is COC1=CC=CC2C(=O)c3c(O)c4c(c(O)c3C(=O)C12)[C@@H](OC1C[C@H](NCCC(=O)Nc2cn(C)c(C(=O)Nc3cn(C)c(C(=O)Nc5cn(C)c(C(=O)Nc6cn(C)c(C(=O)NCCCN7CCN(CCCNc8ccc9ncn%10c%11ccccc%11c(=O)c8c9%10)CC7)n6)c5O)n3)n2)[C@H](O)[C@H](C)O1)C[C@](O)(C(=O)CO)C4. The minimum Gasteiger partial charge on any atom is -0.507 e. The molecule has 111 heavy (non-hydrogen) atoms. The average molecular weight is 1530 g/mol. The molecule has 582 valence electrons. The summed E-state index contributed by atoms with van der Waals surface area (Å²) in [5.41, 5.74) is -1.03. The number of hydrogen-bond acceptors (Lipinski definition) is 26. The van der Waals surface area contributed by atoms with E-state index in [0.717, 1.165) is 67.9 Å². The third kappa shape index (κ3) is 14.6. The van der Waals surface area contributed by atoms with Gasteiger partial charge in [-0.1, -0.05) is 24.3 Å². The summed E-state index contributed by atoms with van der Waals surface area (Å²) in [5, 5.41) is 89.2. The number of rotatable bonds is 26. The van der Waals surface area contributed by atoms with E-state index < -0.39 is 143 Å². The molecule has 2 fully saturated rings. The van der Waals surface area contributed by atoms with Crippen molar-refractivity contribution in [3.8, 4) is 17.2 Å². The summed E-state index contributed by atoms with van der Waals surface area (Å²) in [6.45, 7) is 6.73. The zero-order valence-electron chi connectivity index (χ0n) is 61.4. The molecule has 0 spiro atoms. The number of phenols is 2. The lowest BCUT2D eigenvalue weighted by atomic mass is 9.67. The van der Waals surface area contributed by atoms with Crippen LogP contribution in [0.15, 0.2) is 96.3 Å². The molecule has 0 radical (unpaired) electrons. The molecule has 3 aliphatic carbocycles. The van der Waals surface area contributed by atoms with Gasteiger partial charge in [0.2, 0.25) is 23.4 Å². The monoisotopic (exact) mass is 1520 g/mol. The molecule has 2 aliphatic heterocycles. The number of nitrogens with one attached hydrogen (secondary N) is 7. The Kier molecular flexibility index (Phi) is 21.2. The number of aromatic nitrogens is 9. The van der Waals surface area contributed by atoms with Crippen molar-refractivity contribution < 1.29 is 83.2 Å². The minimum atomic E-state index is -2.39. The highest BCUT2D eigenvalue weighted by Crippen LogP contribution is 2.54. The second-order valence-corrected chi connectivity index (χ2v) is 28.5. The molecule has 3 aromatic carbocycles. The number of aliphatic hydroxyl groups excluding tert-OH is 2. The summed E-state index contributed by atoms with van der Waals surface area (Å²) in [4.78, 5) is 145. The fourth-order valence-corrected chi connectivity index (χ4v) is 15.6. The van der Waals surface area contributed by atoms with Crippen LogP contribution >= 0.6 is 0 Å². The van der Waals surface area contributed by atoms with Crippen LogP contribution in [-0.4, -0.2) is 233 Å². The molecule has 5 aliphatic rings. The highest BCUT2D eigenvalue weighted by atomic mass is 16.7. The number of aliphatic hydroxyl groups is 3. The van der Waals surface area contributed by atoms with E-state index >= 15 is 0 Å². The van der Waals surface area contributed by atoms with Gasteiger partial charge in [-0.05, 0) is 63.2 Å². The number of imidazole rings is 4. The second-order valence-electron chi connectivity index (χ2n) is 28.5. The number of anilines is 5. The van der Waals surface area contributed by atoms with Gasteiger partial charge in [0, 0.05) is 153 Å². The Balaban J connectivity index is 0.516. The molecule has 3 unspecified atom stereocenters. The number of benzene rings is 3. The molecule has 0 saturated carbocycles. The summed E-state index contributed by atoms with van der Waals surface area (Å²) in [6, 6.07) is 10.6. The smallest absolute Gasteiger partial charge is 0.292 e. The summed E-state index contributed by atoms with van der Waals surface area (Å²) < 4.78 is 25.2. The quantitative estimate of drug-likeness (QED) is 0.0210. The molecule has 8 atom stereocenters. The number of phenolic OH excluding ortho intramolecular Hbond substituents is 2. The lowest BCUT2D eigenvalue weighted by Crippen LogP contribution is -2.55. The number of pyridine rings is 1. The first-order valence-electron chi connectivity index (χ1n) is 36.3. The summed E-state index contributed by atoms with van der Waals surface area (Å²) >= 11 is 0. The van der Waals surface area contributed by atoms with E-state index in [1.54, 1.807) is 20.3 Å². The largest absolute Gasteiger partial charge is 0.507 e. The number of methoxy groups -OCH3 is 1. The summed E-state index contributed by atoms with van der Waals surface area (Å²) in [5.74, 6) is -10.5. The van der Waals surface area contributed by atoms with Gasteiger partial charge in [-0.15, -0.1) is 0 Å². The number of para-hydroxylation sites is 1. The predicted octanol–water partition coefficient (Wildman–Crippen LogP) is 2.58. The maximum atomic E-state index is 14.2. The third-order valence-corrected chi connectivity index (χ3v) is 21.2. The van der Waals surface area contributed by atoms with Crippen LogP contribution in [0.4, 0.5) is 28.8 Å². The Morgan fingerprint density at radius 2 is 1.34 bits per heavy atom. The number of fused-ring (bicyclic) bond motifs is 5. The van der Waals surface area contributed by atoms with Crippen LogP contribution in [0.2, 0.25) is 0 Å². The Morgan fingerprint density at radius 1 is 0.712 bits per heavy atom. The molecular formula is C75H84N18O18. The Hall–Kier alpha value is -11.8. The zero-order valence-corrected chi connectivity index (χ0v) is 61.4. The van der Waals surface area contributed by atoms with Gasteiger partial charge in [-0.3, -0.25) is 47.6 Å². The molecule has 6 aromatic heterocycles. The van der Waals surface area contributed by atoms with Gasteiger partial charge in [-0.2, -0.15) is 0 Å². The number of aromatic hydroxyl groups is 3. The molecule has 36 nitrogen and oxygen atoms in total. The van der Waals surface area contributed by atoms with E-state index in [9.17, 15) is 73.8 Å². The Bertz CT molecular complexity index is 5360. The number of piperazine rings is 1. The standard InChI is InChI=1S/C75H84N18O18/c1-37-61(97)43(28-53(110-37)111-47-30-75(108,48(95)35-94)29-40-55(47)67(103)58-57(64(40)100)63(99)39-13-9-15-46(109-6)54(39)66(58)102)77-21-18-52(96)81-49-32-89(4)70(82-49)74(107)86-51-34-90(5)69(84-51)73(106)80-44-31-87(2)60(65(44)101)71(104)85-50-33-88(3)68(83-50)72(105)78-20-11-23-92-26-24-91(25-27-92)22-10-19-76-41-16-17-42-59-56(41)62(98)38-12-7-8-14-45(38)93(59)36-79-42/h7-9,12-17,31-34,36-37,39,43,47,53-54,61,76-77,94,97,100-101,103,108H,10-11,18-30,35H2,1-6H3,(H,78,105)(H,80,106)(H,81,96)(H,85,104)(H,86,107)/t37-,39?,43-,47-,53?,54?,61+,75-/m0/s1. The summed E-state index contributed by atoms with van der Waals surface area (Å²) in [6.07, 6.45) is 6.88. The number of allylic oxidation sites excluding steroid dienone is 4. The van der Waals surface area contributed by atoms with Crippen LogP contribution in [0.25, 0.3) is 27.3 Å². The zero-order chi connectivity index (χ0) is 78.6. The lowest BCUT2D eigenvalue weighted by Gasteiger charge is -2.43. The van der Waals surface area contributed by atoms with E-state index in [0.29, 0.717) is 30.3 Å². The van der Waals surface area contributed by atoms with Crippen LogP contribution in [-0.2, 0) is 58.4 Å². The Labute approximate surface area is 632 Å². The molecular weight excluding hydrogens is 1440 g/mol. The van der Waals surface area contributed by atoms with Crippen LogP contribution in [0, 0.1) is 11.8 Å². The van der Waals surface area contributed by atoms with Crippen molar-refractivity contribution in [3.63, 3.8) is 0 Å². The molecule has 9 aromatic rings. The van der Waals surface area contributed by atoms with Crippen molar-refractivity contribution in [1.82, 2.24) is 63.0 Å². The highest BCUT2D eigenvalue weighted by molar-refractivity contribution is 6.21. The molecule has 8 heterocycles. The van der Waals surface area contributed by atoms with Crippen LogP contribution in [0.3, 0.4) is 0 Å². The van der Waals surface area contributed by atoms with Gasteiger partial charge in [0.15, 0.2) is 58.0 Å². The molecule has 0 bridgehead atoms. The first-order valence-corrected chi connectivity index (χ1v) is 36.3. The van der Waals surface area contributed by atoms with E-state index in [1.165, 1.54) is 89.5 Å². The topological polar surface area (TPSA) is 469 Å². The number of amides is 5. The second kappa shape index (κ2) is 30.9. The molecule has 2 saturated heterocycles. The van der Waals surface area contributed by atoms with Crippen molar-refractivity contribution in [3.05, 3.63) is 147 Å². The van der Waals surface area contributed by atoms with Crippen LogP contribution in [0.1, 0.15) is 119 Å². The van der Waals surface area contributed by atoms with E-state index in [-0.39, 0.29) is 88.0 Å². The number of hydrogen-bond donors (Lipinski definition) is 13. The summed E-state index contributed by atoms with van der Waals surface area (Å²) in [7, 11) is 7.38. The normalized spacial score (nSPS) is 21.2. The minimum absolute atomic E-state index is 0.00936. The number of nitrogens with zero attached hydrogens (tertiary/aromatic N) is 11. The van der Waals surface area contributed by atoms with Crippen molar-refractivity contribution in [2.45, 2.75) is 81.7 Å². The fourth-order valence-electron chi connectivity index (χ4n) is 15.6. The van der Waals surface area contributed by atoms with E-state index in [2.05, 4.69) is 67.0 Å². The van der Waals surface area contributed by atoms with Crippen LogP contribution < -0.4 is 42.6 Å². The lowest BCUT2D eigenvalue weighted by molar-refractivity contribution is -0.249. The first-order chi connectivity index (χ1) is 53.2. The number of carbonyl (C=O) groups is 8. The van der Waals surface area contributed by atoms with Crippen LogP contribution in [0.5, 0.6) is 17.2 Å². The van der Waals surface area contributed by atoms with Gasteiger partial charge in [-0.25, -0.2) is 19.9 Å². The molecule has 14 rings (SSSR count). The van der Waals surface area contributed by atoms with Gasteiger partial charge < -0.3 is 110 Å². The van der Waals surface area contributed by atoms with Gasteiger partial charge >= 0.3 is 0 Å². The van der Waals surface area contributed by atoms with Crippen molar-refractivity contribution in [2.24, 2.45) is 40.0 Å². The van der Waals surface area contributed by atoms with E-state index in [1.807, 2.05) is 40.8 Å². The fraction of sp³-hybridized carbons (Fsp3) is 0.400. The predicted molar refractivity (Wildman–Crippen MR) is 400 cm³/mol. The molecule has 13 N–H and O–H groups in total. The number of ether oxygens (including phenoxy) is 3. The van der Waals surface area contributed by atoms with Crippen molar-refractivity contribution >= 4 is 103 Å². The number of ketones is 3. The number of carbonyl (C=O) groups excluding carboxylic acids is 8. The molecule has 5 amide bonds. The highest BCUT2D eigenvalue weighted by Gasteiger charge is 2.53. The van der Waals surface area contributed by atoms with Gasteiger partial charge in [0.05, 0.1) is 70.3 Å². The van der Waals surface area contributed by atoms with Gasteiger partial charge in [0.1, 0.15) is 41.5 Å². The maximum absolute atomic E-state index is 14.2. The van der Waals surface area contributed by atoms with E-state index in [4.69, 9.17) is 14.2 Å². The number of aryl methyl sites for hydroxylation is 4. The van der Waals surface area contributed by atoms with Crippen molar-refractivity contribution in [2.75, 3.05) is 99.2 Å². The first kappa shape index (κ1) is 76.0. The average Bonchev–Trinajstić information content (AvgIpc) is 1.29. The number of Topliss-reactive ketones (excluding diaryl/α,β-unsaturated/α-hetero) is 3. The van der Waals surface area contributed by atoms with Crippen molar-refractivity contribution in [1.29, 1.82) is 0 Å². The Morgan fingerprint density at radius 3 is 2.02 bits per heavy atom. The maximum Gasteiger partial charge on any atom is 0.292 e. The third-order valence-electron chi connectivity index (χ3n) is 21.2. The molecule has 36 heteroatoms.